The van der Waals surface area contributed by atoms with E-state index in [-0.39, 0.29) is 17.8 Å². The van der Waals surface area contributed by atoms with Crippen molar-refractivity contribution in [3.8, 4) is 0 Å². The Morgan fingerprint density at radius 2 is 2.09 bits per heavy atom. The minimum absolute atomic E-state index is 0.115. The standard InChI is InChI=1S/C16H18N2O5/c1-2-22-15(20)10-5-7-18(8-6-10)14(19)11-3-4-13-12(9-11)17-16(21)23-13/h3-4,9-10H,2,5-8H2,1H3,(H,17,21). The molecule has 23 heavy (non-hydrogen) atoms. The first-order valence-electron chi connectivity index (χ1n) is 7.67. The quantitative estimate of drug-likeness (QED) is 0.867. The molecule has 1 N–H and O–H groups in total. The van der Waals surface area contributed by atoms with Crippen molar-refractivity contribution in [1.29, 1.82) is 0 Å². The Labute approximate surface area is 132 Å². The zero-order valence-corrected chi connectivity index (χ0v) is 12.8. The number of amides is 1. The molecule has 3 rings (SSSR count). The summed E-state index contributed by atoms with van der Waals surface area (Å²) >= 11 is 0. The molecule has 0 unspecified atom stereocenters. The summed E-state index contributed by atoms with van der Waals surface area (Å²) in [6.45, 7) is 3.19. The summed E-state index contributed by atoms with van der Waals surface area (Å²) in [5.41, 5.74) is 1.42. The Bertz CT molecular complexity index is 783. The van der Waals surface area contributed by atoms with Crippen molar-refractivity contribution in [2.24, 2.45) is 5.92 Å². The molecule has 0 saturated carbocycles. The number of hydrogen-bond donors (Lipinski definition) is 1. The van der Waals surface area contributed by atoms with Gasteiger partial charge in [0.15, 0.2) is 5.58 Å². The number of esters is 1. The molecule has 0 radical (unpaired) electrons. The van der Waals surface area contributed by atoms with Crippen molar-refractivity contribution in [2.45, 2.75) is 19.8 Å². The van der Waals surface area contributed by atoms with Gasteiger partial charge in [0, 0.05) is 18.7 Å². The topological polar surface area (TPSA) is 92.6 Å². The summed E-state index contributed by atoms with van der Waals surface area (Å²) in [6.07, 6.45) is 1.21. The average Bonchev–Trinajstić information content (AvgIpc) is 2.93. The van der Waals surface area contributed by atoms with Crippen LogP contribution < -0.4 is 5.76 Å². The molecule has 1 aliphatic rings. The fourth-order valence-electron chi connectivity index (χ4n) is 2.85. The van der Waals surface area contributed by atoms with Gasteiger partial charge in [-0.2, -0.15) is 0 Å². The Morgan fingerprint density at radius 1 is 1.35 bits per heavy atom. The van der Waals surface area contributed by atoms with Crippen LogP contribution >= 0.6 is 0 Å². The third-order valence-electron chi connectivity index (χ3n) is 4.07. The van der Waals surface area contributed by atoms with Crippen LogP contribution in [0.4, 0.5) is 0 Å². The maximum atomic E-state index is 12.5. The van der Waals surface area contributed by atoms with E-state index in [2.05, 4.69) is 4.98 Å². The van der Waals surface area contributed by atoms with Gasteiger partial charge >= 0.3 is 11.7 Å². The summed E-state index contributed by atoms with van der Waals surface area (Å²) in [7, 11) is 0. The van der Waals surface area contributed by atoms with Crippen LogP contribution in [-0.2, 0) is 9.53 Å². The number of piperidine rings is 1. The fourth-order valence-corrected chi connectivity index (χ4v) is 2.85. The first kappa shape index (κ1) is 15.3. The zero-order valence-electron chi connectivity index (χ0n) is 12.8. The molecule has 0 atom stereocenters. The van der Waals surface area contributed by atoms with Crippen molar-refractivity contribution in [2.75, 3.05) is 19.7 Å². The lowest BCUT2D eigenvalue weighted by Crippen LogP contribution is -2.40. The van der Waals surface area contributed by atoms with Crippen molar-refractivity contribution < 1.29 is 18.7 Å². The number of rotatable bonds is 3. The number of fused-ring (bicyclic) bond motifs is 1. The van der Waals surface area contributed by atoms with E-state index >= 15 is 0 Å². The molecule has 1 aliphatic heterocycles. The van der Waals surface area contributed by atoms with E-state index in [1.807, 2.05) is 0 Å². The molecule has 1 amide bonds. The number of ether oxygens (including phenoxy) is 1. The molecule has 7 nitrogen and oxygen atoms in total. The highest BCUT2D eigenvalue weighted by molar-refractivity contribution is 5.97. The number of carbonyl (C=O) groups excluding carboxylic acids is 2. The van der Waals surface area contributed by atoms with Crippen molar-refractivity contribution in [1.82, 2.24) is 9.88 Å². The minimum atomic E-state index is -0.542. The Kier molecular flexibility index (Phi) is 4.18. The number of carbonyl (C=O) groups is 2. The maximum Gasteiger partial charge on any atom is 0.417 e. The lowest BCUT2D eigenvalue weighted by Gasteiger charge is -2.30. The van der Waals surface area contributed by atoms with Crippen LogP contribution in [0.5, 0.6) is 0 Å². The second-order valence-corrected chi connectivity index (χ2v) is 5.54. The lowest BCUT2D eigenvalue weighted by atomic mass is 9.96. The number of benzene rings is 1. The van der Waals surface area contributed by atoms with E-state index in [1.54, 1.807) is 30.0 Å². The number of nitrogens with zero attached hydrogens (tertiary/aromatic N) is 1. The van der Waals surface area contributed by atoms with Gasteiger partial charge in [-0.1, -0.05) is 0 Å². The first-order valence-corrected chi connectivity index (χ1v) is 7.67. The second kappa shape index (κ2) is 6.28. The van der Waals surface area contributed by atoms with E-state index in [9.17, 15) is 14.4 Å². The van der Waals surface area contributed by atoms with Gasteiger partial charge < -0.3 is 14.1 Å². The van der Waals surface area contributed by atoms with Crippen molar-refractivity contribution in [3.63, 3.8) is 0 Å². The molecule has 1 saturated heterocycles. The van der Waals surface area contributed by atoms with E-state index < -0.39 is 5.76 Å². The number of hydrogen-bond acceptors (Lipinski definition) is 5. The van der Waals surface area contributed by atoms with Crippen LogP contribution in [-0.4, -0.2) is 41.5 Å². The van der Waals surface area contributed by atoms with Gasteiger partial charge in [0.2, 0.25) is 0 Å². The molecule has 2 aromatic rings. The molecule has 0 spiro atoms. The molecular weight excluding hydrogens is 300 g/mol. The number of H-pyrrole nitrogens is 1. The largest absolute Gasteiger partial charge is 0.466 e. The van der Waals surface area contributed by atoms with Gasteiger partial charge in [0.25, 0.3) is 5.91 Å². The van der Waals surface area contributed by atoms with E-state index in [1.165, 1.54) is 0 Å². The van der Waals surface area contributed by atoms with Crippen LogP contribution in [0, 0.1) is 5.92 Å². The highest BCUT2D eigenvalue weighted by Crippen LogP contribution is 2.21. The Balaban J connectivity index is 1.68. The summed E-state index contributed by atoms with van der Waals surface area (Å²) in [6, 6.07) is 4.85. The summed E-state index contributed by atoms with van der Waals surface area (Å²) in [4.78, 5) is 39.7. The molecule has 0 bridgehead atoms. The first-order chi connectivity index (χ1) is 11.1. The molecule has 1 aromatic heterocycles. The Morgan fingerprint density at radius 3 is 2.78 bits per heavy atom. The number of aromatic amines is 1. The van der Waals surface area contributed by atoms with Gasteiger partial charge in [-0.25, -0.2) is 4.79 Å². The molecule has 7 heteroatoms. The lowest BCUT2D eigenvalue weighted by molar-refractivity contribution is -0.149. The molecule has 1 fully saturated rings. The zero-order chi connectivity index (χ0) is 16.4. The monoisotopic (exact) mass is 318 g/mol. The van der Waals surface area contributed by atoms with Crippen LogP contribution in [0.3, 0.4) is 0 Å². The molecule has 0 aliphatic carbocycles. The van der Waals surface area contributed by atoms with E-state index in [0.29, 0.717) is 49.2 Å². The predicted octanol–water partition coefficient (Wildman–Crippen LogP) is 1.54. The number of nitrogens with one attached hydrogen (secondary N) is 1. The van der Waals surface area contributed by atoms with Crippen LogP contribution in [0.1, 0.15) is 30.1 Å². The fraction of sp³-hybridized carbons (Fsp3) is 0.438. The van der Waals surface area contributed by atoms with Crippen LogP contribution in [0.2, 0.25) is 0 Å². The summed E-state index contributed by atoms with van der Waals surface area (Å²) in [5.74, 6) is -0.972. The van der Waals surface area contributed by atoms with Gasteiger partial charge in [-0.15, -0.1) is 0 Å². The normalized spacial score (nSPS) is 15.8. The van der Waals surface area contributed by atoms with Gasteiger partial charge in [0.1, 0.15) is 0 Å². The third kappa shape index (κ3) is 3.13. The Hall–Kier alpha value is -2.57. The average molecular weight is 318 g/mol. The predicted molar refractivity (Wildman–Crippen MR) is 82.1 cm³/mol. The summed E-state index contributed by atoms with van der Waals surface area (Å²) < 4.78 is 9.95. The maximum absolute atomic E-state index is 12.5. The SMILES string of the molecule is CCOC(=O)C1CCN(C(=O)c2ccc3oc(=O)[nH]c3c2)CC1. The van der Waals surface area contributed by atoms with Crippen LogP contribution in [0.25, 0.3) is 11.1 Å². The number of aromatic nitrogens is 1. The van der Waals surface area contributed by atoms with Crippen LogP contribution in [0.15, 0.2) is 27.4 Å². The van der Waals surface area contributed by atoms with Crippen molar-refractivity contribution in [3.05, 3.63) is 34.3 Å². The highest BCUT2D eigenvalue weighted by atomic mass is 16.5. The highest BCUT2D eigenvalue weighted by Gasteiger charge is 2.28. The van der Waals surface area contributed by atoms with Gasteiger partial charge in [-0.05, 0) is 38.0 Å². The number of oxazole rings is 1. The molecule has 1 aromatic carbocycles. The summed E-state index contributed by atoms with van der Waals surface area (Å²) in [5, 5.41) is 0. The number of likely N-dealkylation sites (tertiary alicyclic amines) is 1. The molecule has 2 heterocycles. The minimum Gasteiger partial charge on any atom is -0.466 e. The second-order valence-electron chi connectivity index (χ2n) is 5.54. The van der Waals surface area contributed by atoms with Gasteiger partial charge in [0.05, 0.1) is 18.0 Å². The smallest absolute Gasteiger partial charge is 0.417 e. The van der Waals surface area contributed by atoms with Crippen molar-refractivity contribution >= 4 is 23.0 Å². The van der Waals surface area contributed by atoms with E-state index in [4.69, 9.17) is 9.15 Å². The molecular formula is C16H18N2O5. The molecule has 122 valence electrons. The third-order valence-corrected chi connectivity index (χ3v) is 4.07. The van der Waals surface area contributed by atoms with E-state index in [0.717, 1.165) is 0 Å². The van der Waals surface area contributed by atoms with Gasteiger partial charge in [-0.3, -0.25) is 14.6 Å².